The highest BCUT2D eigenvalue weighted by Crippen LogP contribution is 2.25. The Morgan fingerprint density at radius 3 is 2.26 bits per heavy atom. The van der Waals surface area contributed by atoms with Crippen molar-refractivity contribution < 1.29 is 17.2 Å². The molecule has 0 aliphatic carbocycles. The summed E-state index contributed by atoms with van der Waals surface area (Å²) in [6.07, 6.45) is 0. The molecule has 0 unspecified atom stereocenters. The van der Waals surface area contributed by atoms with Crippen LogP contribution in [0.2, 0.25) is 0 Å². The van der Waals surface area contributed by atoms with Gasteiger partial charge >= 0.3 is 0 Å². The van der Waals surface area contributed by atoms with Crippen molar-refractivity contribution in [3.63, 3.8) is 0 Å². The summed E-state index contributed by atoms with van der Waals surface area (Å²) in [5, 5.41) is 0. The van der Waals surface area contributed by atoms with Gasteiger partial charge in [-0.1, -0.05) is 18.2 Å². The number of halogens is 3. The van der Waals surface area contributed by atoms with Crippen LogP contribution in [0.1, 0.15) is 0 Å². The third-order valence-corrected chi connectivity index (χ3v) is 4.30. The summed E-state index contributed by atoms with van der Waals surface area (Å²) in [7, 11) is -3.94. The maximum Gasteiger partial charge on any atom is 0.261 e. The molecule has 0 aromatic heterocycles. The minimum atomic E-state index is -3.94. The van der Waals surface area contributed by atoms with E-state index in [1.54, 1.807) is 6.07 Å². The molecule has 0 heterocycles. The van der Waals surface area contributed by atoms with Crippen molar-refractivity contribution in [2.75, 3.05) is 4.72 Å². The molecule has 0 radical (unpaired) electrons. The van der Waals surface area contributed by atoms with Gasteiger partial charge in [0.05, 0.1) is 15.1 Å². The first-order valence-corrected chi connectivity index (χ1v) is 7.40. The lowest BCUT2D eigenvalue weighted by Gasteiger charge is -2.09. The first kappa shape index (κ1) is 14.0. The summed E-state index contributed by atoms with van der Waals surface area (Å²) in [4.78, 5) is -0.0299. The van der Waals surface area contributed by atoms with Gasteiger partial charge in [-0.25, -0.2) is 17.2 Å². The number of sulfonamides is 1. The molecule has 2 aromatic rings. The fraction of sp³-hybridized carbons (Fsp3) is 0. The lowest BCUT2D eigenvalue weighted by molar-refractivity contribution is 0.592. The quantitative estimate of drug-likeness (QED) is 0.863. The minimum absolute atomic E-state index is 0.0299. The molecule has 0 aliphatic rings. The monoisotopic (exact) mass is 347 g/mol. The molecule has 100 valence electrons. The van der Waals surface area contributed by atoms with Crippen molar-refractivity contribution >= 4 is 31.6 Å². The van der Waals surface area contributed by atoms with Gasteiger partial charge in [-0.15, -0.1) is 0 Å². The average molecular weight is 348 g/mol. The van der Waals surface area contributed by atoms with Crippen molar-refractivity contribution in [2.24, 2.45) is 0 Å². The third kappa shape index (κ3) is 3.10. The summed E-state index contributed by atoms with van der Waals surface area (Å²) < 4.78 is 52.6. The fourth-order valence-electron chi connectivity index (χ4n) is 1.40. The Labute approximate surface area is 117 Å². The molecule has 2 rings (SSSR count). The zero-order valence-electron chi connectivity index (χ0n) is 9.40. The van der Waals surface area contributed by atoms with Crippen molar-refractivity contribution in [2.45, 2.75) is 4.90 Å². The second-order valence-electron chi connectivity index (χ2n) is 3.66. The van der Waals surface area contributed by atoms with E-state index in [2.05, 4.69) is 15.9 Å². The zero-order valence-corrected chi connectivity index (χ0v) is 11.8. The lowest BCUT2D eigenvalue weighted by atomic mass is 10.3. The van der Waals surface area contributed by atoms with E-state index in [9.17, 15) is 17.2 Å². The molecule has 0 fully saturated rings. The molecular formula is C12H8BrF2NO2S. The highest BCUT2D eigenvalue weighted by atomic mass is 79.9. The van der Waals surface area contributed by atoms with E-state index in [1.165, 1.54) is 24.3 Å². The Morgan fingerprint density at radius 2 is 1.63 bits per heavy atom. The van der Waals surface area contributed by atoms with Crippen molar-refractivity contribution in [1.29, 1.82) is 0 Å². The summed E-state index contributed by atoms with van der Waals surface area (Å²) in [5.41, 5.74) is -0.440. The van der Waals surface area contributed by atoms with Gasteiger partial charge in [0, 0.05) is 6.07 Å². The zero-order chi connectivity index (χ0) is 14.0. The van der Waals surface area contributed by atoms with E-state index < -0.39 is 27.3 Å². The highest BCUT2D eigenvalue weighted by Gasteiger charge is 2.17. The van der Waals surface area contributed by atoms with Crippen LogP contribution in [0.15, 0.2) is 51.8 Å². The molecule has 0 saturated carbocycles. The van der Waals surface area contributed by atoms with Crippen LogP contribution in [-0.4, -0.2) is 8.42 Å². The van der Waals surface area contributed by atoms with E-state index in [0.717, 1.165) is 12.1 Å². The Hall–Kier alpha value is -1.47. The third-order valence-electron chi connectivity index (χ3n) is 2.31. The van der Waals surface area contributed by atoms with Crippen LogP contribution >= 0.6 is 15.9 Å². The summed E-state index contributed by atoms with van der Waals surface area (Å²) >= 11 is 2.81. The van der Waals surface area contributed by atoms with Crippen molar-refractivity contribution in [3.05, 3.63) is 58.6 Å². The number of rotatable bonds is 3. The van der Waals surface area contributed by atoms with Crippen molar-refractivity contribution in [1.82, 2.24) is 0 Å². The second kappa shape index (κ2) is 5.26. The van der Waals surface area contributed by atoms with E-state index in [4.69, 9.17) is 0 Å². The molecule has 0 spiro atoms. The van der Waals surface area contributed by atoms with Gasteiger partial charge in [0.25, 0.3) is 10.0 Å². The van der Waals surface area contributed by atoms with Crippen LogP contribution in [-0.2, 0) is 10.0 Å². The Balaban J connectivity index is 2.39. The van der Waals surface area contributed by atoms with Gasteiger partial charge in [-0.05, 0) is 34.1 Å². The van der Waals surface area contributed by atoms with Gasteiger partial charge in [0.2, 0.25) is 0 Å². The molecule has 1 N–H and O–H groups in total. The molecule has 0 atom stereocenters. The number of anilines is 1. The predicted molar refractivity (Wildman–Crippen MR) is 71.3 cm³/mol. The van der Waals surface area contributed by atoms with Crippen LogP contribution in [0, 0.1) is 11.6 Å². The number of benzene rings is 2. The smallest absolute Gasteiger partial charge is 0.261 e. The maximum atomic E-state index is 13.6. The van der Waals surface area contributed by atoms with Crippen LogP contribution in [0.25, 0.3) is 0 Å². The number of hydrogen-bond acceptors (Lipinski definition) is 2. The van der Waals surface area contributed by atoms with E-state index in [-0.39, 0.29) is 9.37 Å². The Kier molecular flexibility index (Phi) is 3.86. The first-order valence-electron chi connectivity index (χ1n) is 5.12. The normalized spacial score (nSPS) is 11.3. The molecule has 0 amide bonds. The summed E-state index contributed by atoms with van der Waals surface area (Å²) in [5.74, 6) is -1.63. The second-order valence-corrected chi connectivity index (χ2v) is 6.20. The van der Waals surface area contributed by atoms with Crippen molar-refractivity contribution in [3.8, 4) is 0 Å². The van der Waals surface area contributed by atoms with Gasteiger partial charge in [0.1, 0.15) is 11.6 Å². The average Bonchev–Trinajstić information content (AvgIpc) is 2.37. The number of hydrogen-bond donors (Lipinski definition) is 1. The summed E-state index contributed by atoms with van der Waals surface area (Å²) in [6.45, 7) is 0. The number of nitrogens with one attached hydrogen (secondary N) is 1. The molecule has 2 aromatic carbocycles. The highest BCUT2D eigenvalue weighted by molar-refractivity contribution is 9.10. The van der Waals surface area contributed by atoms with E-state index in [0.29, 0.717) is 0 Å². The Bertz CT molecular complexity index is 705. The van der Waals surface area contributed by atoms with E-state index >= 15 is 0 Å². The van der Waals surface area contributed by atoms with Gasteiger partial charge in [-0.2, -0.15) is 0 Å². The molecule has 0 bridgehead atoms. The first-order chi connectivity index (χ1) is 8.90. The largest absolute Gasteiger partial charge is 0.277 e. The SMILES string of the molecule is O=S(=O)(Nc1cc(F)c(Br)cc1F)c1ccccc1. The van der Waals surface area contributed by atoms with Gasteiger partial charge < -0.3 is 0 Å². The maximum absolute atomic E-state index is 13.6. The predicted octanol–water partition coefficient (Wildman–Crippen LogP) is 3.53. The molecule has 19 heavy (non-hydrogen) atoms. The summed E-state index contributed by atoms with van der Waals surface area (Å²) in [6, 6.07) is 9.07. The lowest BCUT2D eigenvalue weighted by Crippen LogP contribution is -2.14. The minimum Gasteiger partial charge on any atom is -0.277 e. The Morgan fingerprint density at radius 1 is 1.00 bits per heavy atom. The standard InChI is InChI=1S/C12H8BrF2NO2S/c13-9-6-11(15)12(7-10(9)14)16-19(17,18)8-4-2-1-3-5-8/h1-7,16H. The van der Waals surface area contributed by atoms with Gasteiger partial charge in [0.15, 0.2) is 0 Å². The molecule has 3 nitrogen and oxygen atoms in total. The molecule has 0 saturated heterocycles. The molecule has 0 aliphatic heterocycles. The molecule has 7 heteroatoms. The van der Waals surface area contributed by atoms with Crippen LogP contribution in [0.3, 0.4) is 0 Å². The van der Waals surface area contributed by atoms with Gasteiger partial charge in [-0.3, -0.25) is 4.72 Å². The van der Waals surface area contributed by atoms with Crippen LogP contribution in [0.5, 0.6) is 0 Å². The van der Waals surface area contributed by atoms with Crippen LogP contribution < -0.4 is 4.72 Å². The fourth-order valence-corrected chi connectivity index (χ4v) is 2.80. The van der Waals surface area contributed by atoms with E-state index in [1.807, 2.05) is 4.72 Å². The molecular weight excluding hydrogens is 340 g/mol. The van der Waals surface area contributed by atoms with Crippen LogP contribution in [0.4, 0.5) is 14.5 Å². The topological polar surface area (TPSA) is 46.2 Å².